The predicted octanol–water partition coefficient (Wildman–Crippen LogP) is 3.36. The van der Waals surface area contributed by atoms with Crippen molar-refractivity contribution in [2.24, 2.45) is 0 Å². The lowest BCUT2D eigenvalue weighted by Crippen LogP contribution is -2.42. The number of hydrogen-bond acceptors (Lipinski definition) is 4. The first-order valence-corrected chi connectivity index (χ1v) is 8.93. The fraction of sp³-hybridized carbons (Fsp3) is 0.500. The number of nitrogens with zero attached hydrogens (tertiary/aromatic N) is 2. The van der Waals surface area contributed by atoms with Crippen molar-refractivity contribution in [3.8, 4) is 0 Å². The molecule has 3 nitrogen and oxygen atoms in total. The van der Waals surface area contributed by atoms with Gasteiger partial charge < -0.3 is 5.11 Å². The molecule has 3 rings (SSSR count). The van der Waals surface area contributed by atoms with Crippen molar-refractivity contribution in [1.29, 1.82) is 0 Å². The fourth-order valence-corrected chi connectivity index (χ4v) is 4.32. The van der Waals surface area contributed by atoms with E-state index in [9.17, 15) is 5.11 Å². The molecular formula is C18H24N2OS. The van der Waals surface area contributed by atoms with E-state index in [0.29, 0.717) is 5.92 Å². The topological polar surface area (TPSA) is 36.4 Å². The van der Waals surface area contributed by atoms with Gasteiger partial charge in [0.15, 0.2) is 0 Å². The average Bonchev–Trinajstić information content (AvgIpc) is 2.94. The number of aliphatic hydroxyl groups excluding tert-OH is 1. The number of likely N-dealkylation sites (tertiary alicyclic amines) is 1. The highest BCUT2D eigenvalue weighted by Crippen LogP contribution is 2.34. The van der Waals surface area contributed by atoms with Gasteiger partial charge in [-0.3, -0.25) is 9.88 Å². The van der Waals surface area contributed by atoms with Crippen molar-refractivity contribution in [3.63, 3.8) is 0 Å². The van der Waals surface area contributed by atoms with E-state index in [2.05, 4.69) is 47.3 Å². The molecule has 1 fully saturated rings. The fourth-order valence-electron chi connectivity index (χ4n) is 3.20. The summed E-state index contributed by atoms with van der Waals surface area (Å²) in [5.41, 5.74) is 3.69. The number of piperidine rings is 1. The Labute approximate surface area is 136 Å². The summed E-state index contributed by atoms with van der Waals surface area (Å²) in [4.78, 5) is 8.21. The van der Waals surface area contributed by atoms with Gasteiger partial charge in [0.1, 0.15) is 0 Å². The lowest BCUT2D eigenvalue weighted by Gasteiger charge is -2.35. The molecule has 2 atom stereocenters. The van der Waals surface area contributed by atoms with Gasteiger partial charge in [-0.1, -0.05) is 13.0 Å². The number of β-amino-alcohol motifs (C(OH)–C–C–N with tert-alkyl or cyclic N) is 1. The zero-order valence-corrected chi connectivity index (χ0v) is 14.1. The van der Waals surface area contributed by atoms with E-state index >= 15 is 0 Å². The van der Waals surface area contributed by atoms with Crippen LogP contribution in [0.5, 0.6) is 0 Å². The molecule has 1 saturated heterocycles. The van der Waals surface area contributed by atoms with Crippen molar-refractivity contribution >= 4 is 11.3 Å². The van der Waals surface area contributed by atoms with Crippen LogP contribution < -0.4 is 0 Å². The van der Waals surface area contributed by atoms with E-state index in [4.69, 9.17) is 0 Å². The molecule has 0 aliphatic carbocycles. The zero-order chi connectivity index (χ0) is 15.5. The van der Waals surface area contributed by atoms with Crippen LogP contribution in [0.1, 0.15) is 41.0 Å². The number of aliphatic hydroxyl groups is 1. The third-order valence-electron chi connectivity index (χ3n) is 4.58. The monoisotopic (exact) mass is 316 g/mol. The number of rotatable bonds is 4. The Hall–Kier alpha value is -1.23. The second-order valence-corrected chi connectivity index (χ2v) is 7.12. The molecule has 0 spiro atoms. The van der Waals surface area contributed by atoms with Crippen LogP contribution in [-0.4, -0.2) is 34.2 Å². The molecule has 1 aliphatic rings. The molecule has 118 valence electrons. The first-order valence-electron chi connectivity index (χ1n) is 8.05. The van der Waals surface area contributed by atoms with E-state index in [1.54, 1.807) is 11.3 Å². The first-order chi connectivity index (χ1) is 10.7. The Kier molecular flexibility index (Phi) is 4.91. The van der Waals surface area contributed by atoms with E-state index in [0.717, 1.165) is 38.2 Å². The van der Waals surface area contributed by atoms with Crippen molar-refractivity contribution in [1.82, 2.24) is 9.88 Å². The maximum Gasteiger partial charge on any atom is 0.0744 e. The molecule has 4 heteroatoms. The van der Waals surface area contributed by atoms with Crippen LogP contribution in [0, 0.1) is 6.92 Å². The third kappa shape index (κ3) is 3.40. The Morgan fingerprint density at radius 2 is 2.23 bits per heavy atom. The Morgan fingerprint density at radius 3 is 2.82 bits per heavy atom. The zero-order valence-electron chi connectivity index (χ0n) is 13.3. The number of thiophene rings is 1. The molecule has 0 amide bonds. The molecule has 0 radical (unpaired) electrons. The van der Waals surface area contributed by atoms with E-state index < -0.39 is 0 Å². The number of hydrogen-bond donors (Lipinski definition) is 1. The maximum atomic E-state index is 10.5. The standard InChI is InChI=1S/C18H24N2OS/c1-3-14-4-5-15(19-10-14)11-20-8-6-16(17(21)12-20)18-13(2)7-9-22-18/h4-5,7,9-10,16-17,21H,3,6,8,11-12H2,1-2H3/t16-,17-/m1/s1. The quantitative estimate of drug-likeness (QED) is 0.939. The summed E-state index contributed by atoms with van der Waals surface area (Å²) in [6, 6.07) is 6.42. The van der Waals surface area contributed by atoms with Gasteiger partial charge >= 0.3 is 0 Å². The molecule has 0 bridgehead atoms. The van der Waals surface area contributed by atoms with Gasteiger partial charge in [-0.15, -0.1) is 11.3 Å². The van der Waals surface area contributed by atoms with Crippen molar-refractivity contribution in [3.05, 3.63) is 51.5 Å². The molecule has 0 saturated carbocycles. The van der Waals surface area contributed by atoms with E-state index in [-0.39, 0.29) is 6.10 Å². The molecule has 3 heterocycles. The van der Waals surface area contributed by atoms with Crippen LogP contribution in [0.2, 0.25) is 0 Å². The number of aryl methyl sites for hydroxylation is 2. The molecule has 0 aromatic carbocycles. The van der Waals surface area contributed by atoms with Crippen LogP contribution >= 0.6 is 11.3 Å². The smallest absolute Gasteiger partial charge is 0.0744 e. The van der Waals surface area contributed by atoms with Crippen molar-refractivity contribution in [2.45, 2.75) is 45.3 Å². The Bertz CT molecular complexity index is 608. The first kappa shape index (κ1) is 15.7. The lowest BCUT2D eigenvalue weighted by molar-refractivity contribution is 0.0480. The van der Waals surface area contributed by atoms with Crippen molar-refractivity contribution < 1.29 is 5.11 Å². The van der Waals surface area contributed by atoms with Gasteiger partial charge in [0.05, 0.1) is 11.8 Å². The molecule has 1 N–H and O–H groups in total. The van der Waals surface area contributed by atoms with Crippen LogP contribution in [0.3, 0.4) is 0 Å². The van der Waals surface area contributed by atoms with Gasteiger partial charge in [-0.25, -0.2) is 0 Å². The van der Waals surface area contributed by atoms with Gasteiger partial charge in [0.2, 0.25) is 0 Å². The average molecular weight is 316 g/mol. The summed E-state index contributed by atoms with van der Waals surface area (Å²) in [7, 11) is 0. The summed E-state index contributed by atoms with van der Waals surface area (Å²) < 4.78 is 0. The Balaban J connectivity index is 1.61. The summed E-state index contributed by atoms with van der Waals surface area (Å²) in [5.74, 6) is 0.298. The number of aromatic nitrogens is 1. The molecule has 0 unspecified atom stereocenters. The molecular weight excluding hydrogens is 292 g/mol. The highest BCUT2D eigenvalue weighted by Gasteiger charge is 2.30. The number of pyridine rings is 1. The van der Waals surface area contributed by atoms with Crippen LogP contribution in [0.15, 0.2) is 29.8 Å². The summed E-state index contributed by atoms with van der Waals surface area (Å²) in [5, 5.41) is 12.7. The van der Waals surface area contributed by atoms with E-state index in [1.807, 2.05) is 6.20 Å². The van der Waals surface area contributed by atoms with Gasteiger partial charge in [0, 0.05) is 30.1 Å². The predicted molar refractivity (Wildman–Crippen MR) is 91.3 cm³/mol. The third-order valence-corrected chi connectivity index (χ3v) is 5.74. The van der Waals surface area contributed by atoms with Gasteiger partial charge in [-0.2, -0.15) is 0 Å². The maximum absolute atomic E-state index is 10.5. The minimum atomic E-state index is -0.277. The molecule has 22 heavy (non-hydrogen) atoms. The lowest BCUT2D eigenvalue weighted by atomic mass is 9.90. The molecule has 2 aromatic rings. The second kappa shape index (κ2) is 6.90. The molecule has 2 aromatic heterocycles. The highest BCUT2D eigenvalue weighted by atomic mass is 32.1. The Morgan fingerprint density at radius 1 is 1.36 bits per heavy atom. The van der Waals surface area contributed by atoms with Crippen LogP contribution in [-0.2, 0) is 13.0 Å². The highest BCUT2D eigenvalue weighted by molar-refractivity contribution is 7.10. The van der Waals surface area contributed by atoms with E-state index in [1.165, 1.54) is 16.0 Å². The van der Waals surface area contributed by atoms with Crippen LogP contribution in [0.25, 0.3) is 0 Å². The second-order valence-electron chi connectivity index (χ2n) is 6.18. The minimum Gasteiger partial charge on any atom is -0.391 e. The SMILES string of the molecule is CCc1ccc(CN2CC[C@@H](c3sccc3C)[C@H](O)C2)nc1. The normalized spacial score (nSPS) is 22.9. The summed E-state index contributed by atoms with van der Waals surface area (Å²) >= 11 is 1.78. The van der Waals surface area contributed by atoms with Gasteiger partial charge in [0.25, 0.3) is 0 Å². The summed E-state index contributed by atoms with van der Waals surface area (Å²) in [6.07, 6.45) is 3.74. The van der Waals surface area contributed by atoms with Crippen LogP contribution in [0.4, 0.5) is 0 Å². The molecule has 1 aliphatic heterocycles. The van der Waals surface area contributed by atoms with Crippen molar-refractivity contribution in [2.75, 3.05) is 13.1 Å². The van der Waals surface area contributed by atoms with Gasteiger partial charge in [-0.05, 0) is 54.9 Å². The summed E-state index contributed by atoms with van der Waals surface area (Å²) in [6.45, 7) is 6.88. The largest absolute Gasteiger partial charge is 0.391 e. The minimum absolute atomic E-state index is 0.277.